The molecule has 0 spiro atoms. The van der Waals surface area contributed by atoms with Crippen LogP contribution in [0.2, 0.25) is 0 Å². The molecule has 0 bridgehead atoms. The van der Waals surface area contributed by atoms with E-state index in [1.165, 1.54) is 6.26 Å². The molecule has 1 amide bonds. The van der Waals surface area contributed by atoms with Crippen molar-refractivity contribution in [3.63, 3.8) is 0 Å². The summed E-state index contributed by atoms with van der Waals surface area (Å²) in [6.07, 6.45) is 2.38. The van der Waals surface area contributed by atoms with Crippen LogP contribution in [0.3, 0.4) is 0 Å². The van der Waals surface area contributed by atoms with Crippen molar-refractivity contribution in [2.24, 2.45) is 5.92 Å². The normalized spacial score (nSPS) is 21.5. The molecule has 2 heterocycles. The van der Waals surface area contributed by atoms with Gasteiger partial charge in [-0.15, -0.1) is 11.6 Å². The fourth-order valence-electron chi connectivity index (χ4n) is 1.63. The smallest absolute Gasteiger partial charge is 0.276 e. The van der Waals surface area contributed by atoms with E-state index in [2.05, 4.69) is 9.68 Å². The zero-order valence-corrected chi connectivity index (χ0v) is 8.41. The summed E-state index contributed by atoms with van der Waals surface area (Å²) in [7, 11) is 0. The molecule has 1 atom stereocenters. The lowest BCUT2D eigenvalue weighted by Crippen LogP contribution is -2.29. The second-order valence-electron chi connectivity index (χ2n) is 3.44. The topological polar surface area (TPSA) is 46.3 Å². The number of rotatable bonds is 2. The minimum absolute atomic E-state index is 0.0635. The lowest BCUT2D eigenvalue weighted by atomic mass is 10.2. The van der Waals surface area contributed by atoms with Gasteiger partial charge in [0.2, 0.25) is 0 Å². The minimum atomic E-state index is -0.0635. The highest BCUT2D eigenvalue weighted by Gasteiger charge is 2.27. The van der Waals surface area contributed by atoms with Gasteiger partial charge in [-0.25, -0.2) is 0 Å². The summed E-state index contributed by atoms with van der Waals surface area (Å²) in [5.74, 6) is 0.974. The van der Waals surface area contributed by atoms with Crippen LogP contribution in [0, 0.1) is 5.92 Å². The van der Waals surface area contributed by atoms with E-state index in [4.69, 9.17) is 11.6 Å². The molecule has 4 nitrogen and oxygen atoms in total. The Kier molecular flexibility index (Phi) is 2.72. The van der Waals surface area contributed by atoms with Crippen molar-refractivity contribution < 1.29 is 9.32 Å². The number of likely N-dealkylation sites (tertiary alicyclic amines) is 1. The molecule has 1 aliphatic heterocycles. The van der Waals surface area contributed by atoms with E-state index in [-0.39, 0.29) is 5.91 Å². The Bertz CT molecular complexity index is 313. The van der Waals surface area contributed by atoms with Crippen molar-refractivity contribution in [2.45, 2.75) is 6.42 Å². The maximum atomic E-state index is 11.7. The van der Waals surface area contributed by atoms with Gasteiger partial charge in [-0.05, 0) is 12.3 Å². The molecule has 1 fully saturated rings. The first-order valence-electron chi connectivity index (χ1n) is 4.57. The predicted octanol–water partition coefficient (Wildman–Crippen LogP) is 1.38. The molecule has 1 unspecified atom stereocenters. The Morgan fingerprint density at radius 2 is 2.64 bits per heavy atom. The number of nitrogens with zero attached hydrogens (tertiary/aromatic N) is 2. The van der Waals surface area contributed by atoms with E-state index < -0.39 is 0 Å². The molecule has 0 N–H and O–H groups in total. The molecule has 76 valence electrons. The lowest BCUT2D eigenvalue weighted by molar-refractivity contribution is 0.0778. The van der Waals surface area contributed by atoms with Crippen LogP contribution >= 0.6 is 11.6 Å². The van der Waals surface area contributed by atoms with Crippen molar-refractivity contribution in [3.05, 3.63) is 18.0 Å². The highest BCUT2D eigenvalue weighted by atomic mass is 35.5. The molecule has 0 aromatic carbocycles. The number of hydrogen-bond donors (Lipinski definition) is 0. The van der Waals surface area contributed by atoms with Crippen molar-refractivity contribution in [3.8, 4) is 0 Å². The summed E-state index contributed by atoms with van der Waals surface area (Å²) >= 11 is 5.73. The first-order valence-corrected chi connectivity index (χ1v) is 5.10. The number of aromatic nitrogens is 1. The maximum absolute atomic E-state index is 11.7. The monoisotopic (exact) mass is 214 g/mol. The van der Waals surface area contributed by atoms with Crippen LogP contribution in [-0.2, 0) is 0 Å². The highest BCUT2D eigenvalue weighted by molar-refractivity contribution is 6.18. The number of carbonyl (C=O) groups is 1. The van der Waals surface area contributed by atoms with Gasteiger partial charge in [0.05, 0.1) is 0 Å². The van der Waals surface area contributed by atoms with Gasteiger partial charge in [0.1, 0.15) is 6.26 Å². The first-order chi connectivity index (χ1) is 6.81. The predicted molar refractivity (Wildman–Crippen MR) is 51.2 cm³/mol. The summed E-state index contributed by atoms with van der Waals surface area (Å²) in [5.41, 5.74) is 0.375. The average molecular weight is 215 g/mol. The molecule has 0 saturated carbocycles. The molecule has 5 heteroatoms. The van der Waals surface area contributed by atoms with E-state index in [1.807, 2.05) is 0 Å². The summed E-state index contributed by atoms with van der Waals surface area (Å²) in [6.45, 7) is 1.50. The molecule has 0 radical (unpaired) electrons. The van der Waals surface area contributed by atoms with Gasteiger partial charge in [0.25, 0.3) is 5.91 Å². The van der Waals surface area contributed by atoms with E-state index in [1.54, 1.807) is 11.0 Å². The summed E-state index contributed by atoms with van der Waals surface area (Å²) < 4.78 is 4.62. The van der Waals surface area contributed by atoms with Gasteiger partial charge in [-0.3, -0.25) is 4.79 Å². The van der Waals surface area contributed by atoms with Gasteiger partial charge in [-0.2, -0.15) is 0 Å². The van der Waals surface area contributed by atoms with Crippen molar-refractivity contribution >= 4 is 17.5 Å². The molecular formula is C9H11ClN2O2. The quantitative estimate of drug-likeness (QED) is 0.699. The van der Waals surface area contributed by atoms with Crippen LogP contribution in [-0.4, -0.2) is 34.9 Å². The van der Waals surface area contributed by atoms with E-state index in [0.29, 0.717) is 17.5 Å². The Morgan fingerprint density at radius 3 is 3.21 bits per heavy atom. The van der Waals surface area contributed by atoms with Crippen molar-refractivity contribution in [1.82, 2.24) is 10.1 Å². The minimum Gasteiger partial charge on any atom is -0.364 e. The molecule has 1 aromatic heterocycles. The Hall–Kier alpha value is -1.03. The molecule has 2 rings (SSSR count). The van der Waals surface area contributed by atoms with Gasteiger partial charge in [0, 0.05) is 25.0 Å². The van der Waals surface area contributed by atoms with E-state index in [0.717, 1.165) is 19.5 Å². The molecule has 0 aliphatic carbocycles. The fraction of sp³-hybridized carbons (Fsp3) is 0.556. The largest absolute Gasteiger partial charge is 0.364 e. The number of hydrogen-bond acceptors (Lipinski definition) is 3. The zero-order valence-electron chi connectivity index (χ0n) is 7.65. The van der Waals surface area contributed by atoms with Crippen molar-refractivity contribution in [2.75, 3.05) is 19.0 Å². The Balaban J connectivity index is 2.00. The third-order valence-corrected chi connectivity index (χ3v) is 2.88. The summed E-state index contributed by atoms with van der Waals surface area (Å²) in [6, 6.07) is 1.58. The zero-order chi connectivity index (χ0) is 9.97. The number of halogens is 1. The molecule has 1 aromatic rings. The van der Waals surface area contributed by atoms with Crippen LogP contribution in [0.4, 0.5) is 0 Å². The lowest BCUT2D eigenvalue weighted by Gasteiger charge is -2.13. The number of amides is 1. The Morgan fingerprint density at radius 1 is 1.79 bits per heavy atom. The van der Waals surface area contributed by atoms with E-state index >= 15 is 0 Å². The van der Waals surface area contributed by atoms with Gasteiger partial charge >= 0.3 is 0 Å². The van der Waals surface area contributed by atoms with E-state index in [9.17, 15) is 4.79 Å². The summed E-state index contributed by atoms with van der Waals surface area (Å²) in [5, 5.41) is 3.61. The SMILES string of the molecule is O=C(c1ccon1)N1CCC(CCl)C1. The second kappa shape index (κ2) is 4.00. The van der Waals surface area contributed by atoms with Crippen LogP contribution in [0.15, 0.2) is 16.9 Å². The Labute approximate surface area is 86.8 Å². The van der Waals surface area contributed by atoms with Gasteiger partial charge in [-0.1, -0.05) is 5.16 Å². The first kappa shape index (κ1) is 9.52. The fourth-order valence-corrected chi connectivity index (χ4v) is 1.88. The average Bonchev–Trinajstić information content (AvgIpc) is 2.88. The van der Waals surface area contributed by atoms with Gasteiger partial charge in [0.15, 0.2) is 5.69 Å². The third-order valence-electron chi connectivity index (χ3n) is 2.45. The van der Waals surface area contributed by atoms with Crippen LogP contribution < -0.4 is 0 Å². The summed E-state index contributed by atoms with van der Waals surface area (Å²) in [4.78, 5) is 13.5. The van der Waals surface area contributed by atoms with Crippen LogP contribution in [0.1, 0.15) is 16.9 Å². The number of carbonyl (C=O) groups excluding carboxylic acids is 1. The van der Waals surface area contributed by atoms with Crippen LogP contribution in [0.25, 0.3) is 0 Å². The molecular weight excluding hydrogens is 204 g/mol. The highest BCUT2D eigenvalue weighted by Crippen LogP contribution is 2.18. The molecule has 1 aliphatic rings. The third kappa shape index (κ3) is 1.75. The number of alkyl halides is 1. The molecule has 1 saturated heterocycles. The standard InChI is InChI=1S/C9H11ClN2O2/c10-5-7-1-3-12(6-7)9(13)8-2-4-14-11-8/h2,4,7H,1,3,5-6H2. The molecule has 14 heavy (non-hydrogen) atoms. The second-order valence-corrected chi connectivity index (χ2v) is 3.75. The van der Waals surface area contributed by atoms with Crippen molar-refractivity contribution in [1.29, 1.82) is 0 Å². The van der Waals surface area contributed by atoms with Crippen LogP contribution in [0.5, 0.6) is 0 Å². The maximum Gasteiger partial charge on any atom is 0.276 e. The van der Waals surface area contributed by atoms with Gasteiger partial charge < -0.3 is 9.42 Å².